The molecular formula is C21H22N2O3S2. The van der Waals surface area contributed by atoms with E-state index in [2.05, 4.69) is 23.7 Å². The molecule has 0 radical (unpaired) electrons. The monoisotopic (exact) mass is 414 g/mol. The lowest BCUT2D eigenvalue weighted by atomic mass is 10.1. The Hall–Kier alpha value is -2.51. The molecule has 1 heterocycles. The van der Waals surface area contributed by atoms with Gasteiger partial charge in [0.2, 0.25) is 0 Å². The lowest BCUT2D eigenvalue weighted by Crippen LogP contribution is -2.16. The molecule has 28 heavy (non-hydrogen) atoms. The first kappa shape index (κ1) is 20.2. The molecule has 1 aromatic heterocycles. The van der Waals surface area contributed by atoms with Crippen molar-refractivity contribution in [3.8, 4) is 0 Å². The molecule has 0 fully saturated rings. The van der Waals surface area contributed by atoms with E-state index < -0.39 is 15.7 Å². The average Bonchev–Trinajstić information content (AvgIpc) is 3.00. The lowest BCUT2D eigenvalue weighted by Gasteiger charge is -2.04. The maximum atomic E-state index is 12.7. The summed E-state index contributed by atoms with van der Waals surface area (Å²) in [5.41, 5.74) is 3.66. The van der Waals surface area contributed by atoms with Crippen LogP contribution in [0.25, 0.3) is 10.2 Å². The molecule has 0 spiro atoms. The molecule has 7 heteroatoms. The van der Waals surface area contributed by atoms with Gasteiger partial charge in [0.1, 0.15) is 0 Å². The molecule has 0 aliphatic rings. The summed E-state index contributed by atoms with van der Waals surface area (Å²) in [6.45, 7) is 10.0. The minimum absolute atomic E-state index is 0.0206. The average molecular weight is 415 g/mol. The van der Waals surface area contributed by atoms with E-state index in [1.54, 1.807) is 13.0 Å². The van der Waals surface area contributed by atoms with E-state index >= 15 is 0 Å². The number of hydrogen-bond donors (Lipinski definition) is 0. The molecule has 1 amide bonds. The van der Waals surface area contributed by atoms with Crippen molar-refractivity contribution in [2.24, 2.45) is 4.99 Å². The highest BCUT2D eigenvalue weighted by Gasteiger charge is 2.14. The van der Waals surface area contributed by atoms with Crippen LogP contribution in [0.1, 0.15) is 28.4 Å². The summed E-state index contributed by atoms with van der Waals surface area (Å²) in [7, 11) is -3.29. The van der Waals surface area contributed by atoms with Gasteiger partial charge in [-0.15, -0.1) is 6.58 Å². The second-order valence-electron chi connectivity index (χ2n) is 6.56. The molecule has 0 aliphatic carbocycles. The SMILES string of the molecule is C=CCn1c(=NC(=O)c2ccc(S(=O)(=O)CC)cc2)sc2c(C)cc(C)cc21. The van der Waals surface area contributed by atoms with Gasteiger partial charge in [0, 0.05) is 12.1 Å². The van der Waals surface area contributed by atoms with E-state index in [1.165, 1.54) is 35.6 Å². The fourth-order valence-electron chi connectivity index (χ4n) is 3.03. The number of aryl methyl sites for hydroxylation is 2. The Morgan fingerprint density at radius 3 is 2.50 bits per heavy atom. The summed E-state index contributed by atoms with van der Waals surface area (Å²) in [5.74, 6) is -0.383. The zero-order valence-corrected chi connectivity index (χ0v) is 17.7. The topological polar surface area (TPSA) is 68.5 Å². The number of rotatable bonds is 5. The highest BCUT2D eigenvalue weighted by atomic mass is 32.2. The second-order valence-corrected chi connectivity index (χ2v) is 9.81. The molecule has 0 saturated heterocycles. The van der Waals surface area contributed by atoms with Crippen LogP contribution in [0.5, 0.6) is 0 Å². The molecule has 146 valence electrons. The van der Waals surface area contributed by atoms with Crippen LogP contribution in [0.4, 0.5) is 0 Å². The van der Waals surface area contributed by atoms with Gasteiger partial charge in [0.15, 0.2) is 14.6 Å². The third-order valence-electron chi connectivity index (χ3n) is 4.46. The van der Waals surface area contributed by atoms with Crippen molar-refractivity contribution >= 4 is 37.3 Å². The fourth-order valence-corrected chi connectivity index (χ4v) is 5.00. The maximum Gasteiger partial charge on any atom is 0.279 e. The summed E-state index contributed by atoms with van der Waals surface area (Å²) in [6, 6.07) is 10.1. The third-order valence-corrected chi connectivity index (χ3v) is 7.44. The smallest absolute Gasteiger partial charge is 0.279 e. The van der Waals surface area contributed by atoms with Gasteiger partial charge in [-0.25, -0.2) is 8.42 Å². The van der Waals surface area contributed by atoms with Gasteiger partial charge < -0.3 is 4.57 Å². The Morgan fingerprint density at radius 2 is 1.89 bits per heavy atom. The van der Waals surface area contributed by atoms with Crippen LogP contribution in [0, 0.1) is 13.8 Å². The number of carbonyl (C=O) groups is 1. The molecule has 5 nitrogen and oxygen atoms in total. The molecule has 0 bridgehead atoms. The van der Waals surface area contributed by atoms with Crippen LogP contribution in [-0.2, 0) is 16.4 Å². The summed E-state index contributed by atoms with van der Waals surface area (Å²) in [6.07, 6.45) is 1.78. The zero-order valence-electron chi connectivity index (χ0n) is 16.1. The van der Waals surface area contributed by atoms with Crippen molar-refractivity contribution in [3.63, 3.8) is 0 Å². The molecule has 0 saturated carbocycles. The molecule has 3 aromatic rings. The Bertz CT molecular complexity index is 1230. The molecule has 0 unspecified atom stereocenters. The number of nitrogens with zero attached hydrogens (tertiary/aromatic N) is 2. The number of aromatic nitrogens is 1. The van der Waals surface area contributed by atoms with Gasteiger partial charge in [-0.05, 0) is 55.3 Å². The third kappa shape index (κ3) is 3.86. The van der Waals surface area contributed by atoms with E-state index in [-0.39, 0.29) is 10.6 Å². The summed E-state index contributed by atoms with van der Waals surface area (Å²) in [4.78, 5) is 17.8. The number of hydrogen-bond acceptors (Lipinski definition) is 4. The van der Waals surface area contributed by atoms with E-state index in [1.807, 2.05) is 18.4 Å². The number of thiazole rings is 1. The minimum Gasteiger partial charge on any atom is -0.312 e. The fraction of sp³-hybridized carbons (Fsp3) is 0.238. The zero-order chi connectivity index (χ0) is 20.5. The van der Waals surface area contributed by atoms with Gasteiger partial charge in [0.05, 0.1) is 20.9 Å². The quantitative estimate of drug-likeness (QED) is 0.592. The van der Waals surface area contributed by atoms with Gasteiger partial charge in [-0.2, -0.15) is 4.99 Å². The molecular weight excluding hydrogens is 392 g/mol. The van der Waals surface area contributed by atoms with Crippen molar-refractivity contribution < 1.29 is 13.2 Å². The molecule has 0 atom stereocenters. The van der Waals surface area contributed by atoms with Gasteiger partial charge >= 0.3 is 0 Å². The van der Waals surface area contributed by atoms with Crippen molar-refractivity contribution in [1.82, 2.24) is 4.57 Å². The van der Waals surface area contributed by atoms with Crippen molar-refractivity contribution in [2.75, 3.05) is 5.75 Å². The highest BCUT2D eigenvalue weighted by molar-refractivity contribution is 7.91. The first-order valence-corrected chi connectivity index (χ1v) is 11.4. The minimum atomic E-state index is -3.29. The Balaban J connectivity index is 2.09. The second kappa shape index (κ2) is 7.85. The van der Waals surface area contributed by atoms with Crippen LogP contribution in [0.3, 0.4) is 0 Å². The summed E-state index contributed by atoms with van der Waals surface area (Å²) in [5, 5.41) is 0. The predicted molar refractivity (Wildman–Crippen MR) is 114 cm³/mol. The number of fused-ring (bicyclic) bond motifs is 1. The molecule has 2 aromatic carbocycles. The van der Waals surface area contributed by atoms with Gasteiger partial charge in [0.25, 0.3) is 5.91 Å². The number of amides is 1. The number of sulfone groups is 1. The van der Waals surface area contributed by atoms with Crippen molar-refractivity contribution in [3.05, 3.63) is 70.5 Å². The van der Waals surface area contributed by atoms with Gasteiger partial charge in [-0.3, -0.25) is 4.79 Å². The summed E-state index contributed by atoms with van der Waals surface area (Å²) >= 11 is 1.47. The van der Waals surface area contributed by atoms with E-state index in [0.29, 0.717) is 16.9 Å². The first-order valence-electron chi connectivity index (χ1n) is 8.90. The molecule has 3 rings (SSSR count). The van der Waals surface area contributed by atoms with Crippen molar-refractivity contribution in [2.45, 2.75) is 32.2 Å². The maximum absolute atomic E-state index is 12.7. The Morgan fingerprint density at radius 1 is 1.21 bits per heavy atom. The van der Waals surface area contributed by atoms with E-state index in [0.717, 1.165) is 21.3 Å². The highest BCUT2D eigenvalue weighted by Crippen LogP contribution is 2.23. The van der Waals surface area contributed by atoms with Crippen LogP contribution in [0.2, 0.25) is 0 Å². The van der Waals surface area contributed by atoms with E-state index in [4.69, 9.17) is 0 Å². The van der Waals surface area contributed by atoms with Crippen LogP contribution in [0.15, 0.2) is 58.9 Å². The van der Waals surface area contributed by atoms with E-state index in [9.17, 15) is 13.2 Å². The first-order chi connectivity index (χ1) is 13.3. The number of benzene rings is 2. The van der Waals surface area contributed by atoms with Crippen LogP contribution < -0.4 is 4.80 Å². The Labute approximate surface area is 168 Å². The largest absolute Gasteiger partial charge is 0.312 e. The van der Waals surface area contributed by atoms with Gasteiger partial charge in [-0.1, -0.05) is 30.4 Å². The summed E-state index contributed by atoms with van der Waals surface area (Å²) < 4.78 is 26.9. The van der Waals surface area contributed by atoms with Crippen molar-refractivity contribution in [1.29, 1.82) is 0 Å². The van der Waals surface area contributed by atoms with Crippen LogP contribution >= 0.6 is 11.3 Å². The Kier molecular flexibility index (Phi) is 5.67. The van der Waals surface area contributed by atoms with Crippen LogP contribution in [-0.4, -0.2) is 24.6 Å². The molecule has 0 aliphatic heterocycles. The predicted octanol–water partition coefficient (Wildman–Crippen LogP) is 4.04. The lowest BCUT2D eigenvalue weighted by molar-refractivity contribution is 0.0998. The standard InChI is InChI=1S/C21H22N2O3S2/c1-5-11-23-18-13-14(3)12-15(4)19(18)27-21(23)22-20(24)16-7-9-17(10-8-16)28(25,26)6-2/h5,7-10,12-13H,1,6,11H2,2-4H3. The number of carbonyl (C=O) groups excluding carboxylic acids is 1. The molecule has 0 N–H and O–H groups in total. The number of allylic oxidation sites excluding steroid dienone is 1. The normalized spacial score (nSPS) is 12.5.